The predicted molar refractivity (Wildman–Crippen MR) is 100 cm³/mol. The van der Waals surface area contributed by atoms with Crippen LogP contribution in [-0.2, 0) is 11.3 Å². The molecule has 27 heavy (non-hydrogen) atoms. The van der Waals surface area contributed by atoms with E-state index < -0.39 is 0 Å². The molecule has 0 aliphatic carbocycles. The smallest absolute Gasteiger partial charge is 0.241 e. The van der Waals surface area contributed by atoms with Gasteiger partial charge in [0.25, 0.3) is 0 Å². The first-order valence-electron chi connectivity index (χ1n) is 8.63. The van der Waals surface area contributed by atoms with E-state index in [0.29, 0.717) is 42.4 Å². The van der Waals surface area contributed by atoms with Crippen molar-refractivity contribution in [3.63, 3.8) is 0 Å². The van der Waals surface area contributed by atoms with Crippen molar-refractivity contribution < 1.29 is 23.4 Å². The lowest BCUT2D eigenvalue weighted by Crippen LogP contribution is -2.50. The van der Waals surface area contributed by atoms with Crippen molar-refractivity contribution in [2.75, 3.05) is 45.9 Å². The summed E-state index contributed by atoms with van der Waals surface area (Å²) in [6, 6.07) is 10.3. The van der Waals surface area contributed by atoms with Crippen LogP contribution in [0.2, 0.25) is 0 Å². The van der Waals surface area contributed by atoms with E-state index in [1.807, 2.05) is 29.2 Å². The maximum Gasteiger partial charge on any atom is 0.241 e. The van der Waals surface area contributed by atoms with Crippen LogP contribution in [0.1, 0.15) is 5.56 Å². The van der Waals surface area contributed by atoms with Gasteiger partial charge in [0, 0.05) is 43.0 Å². The molecule has 0 radical (unpaired) electrons. The molecule has 1 amide bonds. The minimum Gasteiger partial charge on any atom is -0.497 e. The number of rotatable bonds is 6. The fourth-order valence-corrected chi connectivity index (χ4v) is 3.17. The van der Waals surface area contributed by atoms with Crippen molar-refractivity contribution in [3.05, 3.63) is 47.8 Å². The minimum absolute atomic E-state index is 0.0320. The second kappa shape index (κ2) is 8.26. The zero-order valence-electron chi connectivity index (χ0n) is 15.7. The van der Waals surface area contributed by atoms with Crippen molar-refractivity contribution in [2.24, 2.45) is 0 Å². The molecule has 1 saturated heterocycles. The molecule has 2 aromatic carbocycles. The van der Waals surface area contributed by atoms with Crippen molar-refractivity contribution in [3.8, 4) is 17.2 Å². The predicted octanol–water partition coefficient (Wildman–Crippen LogP) is 2.70. The van der Waals surface area contributed by atoms with E-state index in [2.05, 4.69) is 0 Å². The molecule has 2 aromatic rings. The zero-order chi connectivity index (χ0) is 19.4. The summed E-state index contributed by atoms with van der Waals surface area (Å²) in [5.74, 6) is 1.11. The van der Waals surface area contributed by atoms with Gasteiger partial charge in [0.1, 0.15) is 11.6 Å². The Morgan fingerprint density at radius 2 is 1.74 bits per heavy atom. The summed E-state index contributed by atoms with van der Waals surface area (Å²) >= 11 is 0. The van der Waals surface area contributed by atoms with Crippen LogP contribution in [0, 0.1) is 5.82 Å². The van der Waals surface area contributed by atoms with Crippen molar-refractivity contribution >= 4 is 11.6 Å². The minimum atomic E-state index is -0.379. The quantitative estimate of drug-likeness (QED) is 0.778. The molecule has 1 heterocycles. The number of ether oxygens (including phenoxy) is 3. The molecule has 0 bridgehead atoms. The Kier molecular flexibility index (Phi) is 5.81. The Morgan fingerprint density at radius 3 is 2.41 bits per heavy atom. The van der Waals surface area contributed by atoms with E-state index >= 15 is 0 Å². The first kappa shape index (κ1) is 19.0. The third-order valence-corrected chi connectivity index (χ3v) is 4.61. The third kappa shape index (κ3) is 4.14. The van der Waals surface area contributed by atoms with E-state index in [0.717, 1.165) is 5.69 Å². The van der Waals surface area contributed by atoms with Crippen LogP contribution < -0.4 is 19.1 Å². The number of nitrogens with zero attached hydrogens (tertiary/aromatic N) is 2. The number of anilines is 1. The highest BCUT2D eigenvalue weighted by atomic mass is 19.1. The Hall–Kier alpha value is -2.80. The van der Waals surface area contributed by atoms with E-state index in [1.165, 1.54) is 20.3 Å². The lowest BCUT2D eigenvalue weighted by molar-refractivity contribution is -0.121. The molecular weight excluding hydrogens is 351 g/mol. The van der Waals surface area contributed by atoms with E-state index in [-0.39, 0.29) is 18.3 Å². The van der Waals surface area contributed by atoms with E-state index in [4.69, 9.17) is 14.2 Å². The number of piperazine rings is 1. The second-order valence-corrected chi connectivity index (χ2v) is 6.26. The van der Waals surface area contributed by atoms with Crippen LogP contribution >= 0.6 is 0 Å². The number of benzene rings is 2. The average Bonchev–Trinajstić information content (AvgIpc) is 2.69. The lowest BCUT2D eigenvalue weighted by Gasteiger charge is -2.34. The van der Waals surface area contributed by atoms with Gasteiger partial charge >= 0.3 is 0 Å². The summed E-state index contributed by atoms with van der Waals surface area (Å²) < 4.78 is 29.9. The highest BCUT2D eigenvalue weighted by Gasteiger charge is 2.26. The maximum atomic E-state index is 14.4. The molecule has 1 fully saturated rings. The van der Waals surface area contributed by atoms with Gasteiger partial charge in [-0.15, -0.1) is 0 Å². The largest absolute Gasteiger partial charge is 0.497 e. The van der Waals surface area contributed by atoms with Crippen molar-refractivity contribution in [2.45, 2.75) is 6.54 Å². The van der Waals surface area contributed by atoms with Crippen LogP contribution in [0.5, 0.6) is 17.2 Å². The van der Waals surface area contributed by atoms with E-state index in [1.54, 1.807) is 18.1 Å². The molecule has 0 saturated carbocycles. The van der Waals surface area contributed by atoms with Gasteiger partial charge in [-0.25, -0.2) is 4.39 Å². The Labute approximate surface area is 158 Å². The Morgan fingerprint density at radius 1 is 1.00 bits per heavy atom. The van der Waals surface area contributed by atoms with E-state index in [9.17, 15) is 9.18 Å². The maximum absolute atomic E-state index is 14.4. The molecule has 3 rings (SSSR count). The van der Waals surface area contributed by atoms with Gasteiger partial charge in [-0.3, -0.25) is 9.69 Å². The monoisotopic (exact) mass is 374 g/mol. The number of amides is 1. The summed E-state index contributed by atoms with van der Waals surface area (Å²) in [6.07, 6.45) is 0. The summed E-state index contributed by atoms with van der Waals surface area (Å²) in [5.41, 5.74) is 1.27. The Bertz CT molecular complexity index is 828. The van der Waals surface area contributed by atoms with Gasteiger partial charge in [-0.05, 0) is 18.2 Å². The van der Waals surface area contributed by atoms with Gasteiger partial charge in [-0.2, -0.15) is 0 Å². The second-order valence-electron chi connectivity index (χ2n) is 6.26. The fraction of sp³-hybridized carbons (Fsp3) is 0.350. The number of halogens is 1. The van der Waals surface area contributed by atoms with Crippen molar-refractivity contribution in [1.29, 1.82) is 0 Å². The molecule has 0 aromatic heterocycles. The lowest BCUT2D eigenvalue weighted by atomic mass is 10.1. The highest BCUT2D eigenvalue weighted by molar-refractivity contribution is 5.95. The van der Waals surface area contributed by atoms with Crippen LogP contribution in [0.4, 0.5) is 10.1 Å². The van der Waals surface area contributed by atoms with Crippen molar-refractivity contribution in [1.82, 2.24) is 4.90 Å². The van der Waals surface area contributed by atoms with Gasteiger partial charge in [0.2, 0.25) is 5.91 Å². The summed E-state index contributed by atoms with van der Waals surface area (Å²) in [5, 5.41) is 0. The molecular formula is C20H23FN2O4. The van der Waals surface area contributed by atoms with Crippen LogP contribution in [0.25, 0.3) is 0 Å². The SMILES string of the molecule is COc1cccc(N2CCN(Cc3cc(OC)c(OC)cc3F)CC2=O)c1. The Balaban J connectivity index is 1.70. The molecule has 0 spiro atoms. The van der Waals surface area contributed by atoms with Crippen LogP contribution in [0.3, 0.4) is 0 Å². The molecule has 6 nitrogen and oxygen atoms in total. The first-order chi connectivity index (χ1) is 13.0. The van der Waals surface area contributed by atoms with Crippen LogP contribution in [0.15, 0.2) is 36.4 Å². The summed E-state index contributed by atoms with van der Waals surface area (Å²) in [4.78, 5) is 16.3. The molecule has 1 aliphatic heterocycles. The first-order valence-corrected chi connectivity index (χ1v) is 8.63. The standard InChI is InChI=1S/C20H23FN2O4/c1-25-16-6-4-5-15(10-16)23-8-7-22(13-20(23)24)12-14-9-18(26-2)19(27-3)11-17(14)21/h4-6,9-11H,7-8,12-13H2,1-3H3. The van der Waals surface area contributed by atoms with Gasteiger partial charge in [0.05, 0.1) is 27.9 Å². The normalized spacial score (nSPS) is 15.0. The van der Waals surface area contributed by atoms with Gasteiger partial charge < -0.3 is 19.1 Å². The number of hydrogen-bond donors (Lipinski definition) is 0. The summed E-state index contributed by atoms with van der Waals surface area (Å²) in [7, 11) is 4.57. The molecule has 144 valence electrons. The average molecular weight is 374 g/mol. The molecule has 1 aliphatic rings. The molecule has 0 N–H and O–H groups in total. The molecule has 0 atom stereocenters. The van der Waals surface area contributed by atoms with Gasteiger partial charge in [-0.1, -0.05) is 6.07 Å². The molecule has 7 heteroatoms. The number of carbonyl (C=O) groups excluding carboxylic acids is 1. The zero-order valence-corrected chi connectivity index (χ0v) is 15.7. The fourth-order valence-electron chi connectivity index (χ4n) is 3.17. The molecule has 0 unspecified atom stereocenters. The van der Waals surface area contributed by atoms with Gasteiger partial charge in [0.15, 0.2) is 11.5 Å². The van der Waals surface area contributed by atoms with Crippen LogP contribution in [-0.4, -0.2) is 51.8 Å². The topological polar surface area (TPSA) is 51.2 Å². The highest BCUT2D eigenvalue weighted by Crippen LogP contribution is 2.31. The number of carbonyl (C=O) groups is 1. The number of methoxy groups -OCH3 is 3. The summed E-state index contributed by atoms with van der Waals surface area (Å²) in [6.45, 7) is 1.70. The third-order valence-electron chi connectivity index (χ3n) is 4.61. The number of hydrogen-bond acceptors (Lipinski definition) is 5.